The number of benzene rings is 1. The zero-order chi connectivity index (χ0) is 11.1. The number of rotatable bonds is 6. The first-order chi connectivity index (χ1) is 7.24. The summed E-state index contributed by atoms with van der Waals surface area (Å²) < 4.78 is 0. The summed E-state index contributed by atoms with van der Waals surface area (Å²) in [7, 11) is 0. The first-order valence-electron chi connectivity index (χ1n) is 4.69. The maximum Gasteiger partial charge on any atom is 0.335 e. The molecule has 0 atom stereocenters. The summed E-state index contributed by atoms with van der Waals surface area (Å²) in [6.07, 6.45) is 3.29. The molecule has 1 aromatic rings. The molecule has 82 valence electrons. The highest BCUT2D eigenvalue weighted by atomic mass is 32.2. The number of thioether (sulfide) groups is 2. The number of hydrogen-bond donors (Lipinski definition) is 1. The van der Waals surface area contributed by atoms with Crippen molar-refractivity contribution in [1.29, 1.82) is 0 Å². The summed E-state index contributed by atoms with van der Waals surface area (Å²) in [6.45, 7) is 0. The summed E-state index contributed by atoms with van der Waals surface area (Å²) >= 11 is 3.63. The summed E-state index contributed by atoms with van der Waals surface area (Å²) in [6, 6.07) is 7.04. The van der Waals surface area contributed by atoms with Gasteiger partial charge in [0.25, 0.3) is 0 Å². The fourth-order valence-corrected chi connectivity index (χ4v) is 2.56. The lowest BCUT2D eigenvalue weighted by atomic mass is 10.2. The van der Waals surface area contributed by atoms with Crippen LogP contribution in [0, 0.1) is 0 Å². The van der Waals surface area contributed by atoms with E-state index in [9.17, 15) is 4.79 Å². The van der Waals surface area contributed by atoms with Crippen LogP contribution in [0.2, 0.25) is 0 Å². The normalized spacial score (nSPS) is 10.2. The minimum atomic E-state index is -0.867. The molecular formula is C11H14O2S2. The lowest BCUT2D eigenvalue weighted by Crippen LogP contribution is -1.94. The minimum Gasteiger partial charge on any atom is -0.478 e. The van der Waals surface area contributed by atoms with Crippen LogP contribution < -0.4 is 0 Å². The second-order valence-electron chi connectivity index (χ2n) is 3.02. The smallest absolute Gasteiger partial charge is 0.335 e. The Labute approximate surface area is 98.5 Å². The first kappa shape index (κ1) is 12.5. The van der Waals surface area contributed by atoms with Crippen molar-refractivity contribution in [2.24, 2.45) is 0 Å². The molecular weight excluding hydrogens is 228 g/mol. The molecule has 0 aliphatic carbocycles. The van der Waals surface area contributed by atoms with Crippen molar-refractivity contribution in [3.8, 4) is 0 Å². The summed E-state index contributed by atoms with van der Waals surface area (Å²) in [5, 5.41) is 8.71. The zero-order valence-electron chi connectivity index (χ0n) is 8.60. The van der Waals surface area contributed by atoms with E-state index < -0.39 is 5.97 Å². The Hall–Kier alpha value is -0.610. The van der Waals surface area contributed by atoms with Crippen LogP contribution >= 0.6 is 23.5 Å². The Bertz CT molecular complexity index is 309. The van der Waals surface area contributed by atoms with Crippen LogP contribution in [0.5, 0.6) is 0 Å². The van der Waals surface area contributed by atoms with E-state index in [0.29, 0.717) is 5.56 Å². The molecule has 0 saturated heterocycles. The molecule has 0 radical (unpaired) electrons. The fraction of sp³-hybridized carbons (Fsp3) is 0.364. The number of carboxylic acid groups (broad SMARTS) is 1. The molecule has 4 heteroatoms. The van der Waals surface area contributed by atoms with Crippen molar-refractivity contribution in [3.63, 3.8) is 0 Å². The van der Waals surface area contributed by atoms with Crippen LogP contribution in [-0.4, -0.2) is 28.8 Å². The number of aromatic carboxylic acids is 1. The van der Waals surface area contributed by atoms with Crippen LogP contribution in [0.15, 0.2) is 29.2 Å². The molecule has 15 heavy (non-hydrogen) atoms. The average molecular weight is 242 g/mol. The maximum absolute atomic E-state index is 10.6. The van der Waals surface area contributed by atoms with Gasteiger partial charge >= 0.3 is 5.97 Å². The minimum absolute atomic E-state index is 0.350. The number of hydrogen-bond acceptors (Lipinski definition) is 3. The number of carbonyl (C=O) groups is 1. The maximum atomic E-state index is 10.6. The molecule has 0 amide bonds. The third-order valence-corrected chi connectivity index (χ3v) is 3.66. The van der Waals surface area contributed by atoms with Gasteiger partial charge in [0, 0.05) is 4.90 Å². The molecule has 1 rings (SSSR count). The van der Waals surface area contributed by atoms with Crippen molar-refractivity contribution >= 4 is 29.5 Å². The second-order valence-corrected chi connectivity index (χ2v) is 5.18. The first-order valence-corrected chi connectivity index (χ1v) is 7.07. The van der Waals surface area contributed by atoms with Gasteiger partial charge in [-0.15, -0.1) is 11.8 Å². The lowest BCUT2D eigenvalue weighted by Gasteiger charge is -2.01. The molecule has 2 nitrogen and oxygen atoms in total. The van der Waals surface area contributed by atoms with Crippen molar-refractivity contribution in [1.82, 2.24) is 0 Å². The molecule has 0 bridgehead atoms. The molecule has 0 spiro atoms. The highest BCUT2D eigenvalue weighted by Gasteiger charge is 2.01. The van der Waals surface area contributed by atoms with E-state index in [-0.39, 0.29) is 0 Å². The molecule has 0 aliphatic heterocycles. The predicted octanol–water partition coefficient (Wildman–Crippen LogP) is 3.23. The van der Waals surface area contributed by atoms with E-state index in [2.05, 4.69) is 6.26 Å². The van der Waals surface area contributed by atoms with Crippen LogP contribution in [0.25, 0.3) is 0 Å². The molecule has 1 N–H and O–H groups in total. The van der Waals surface area contributed by atoms with Gasteiger partial charge < -0.3 is 5.11 Å². The third-order valence-electron chi connectivity index (χ3n) is 1.86. The van der Waals surface area contributed by atoms with E-state index in [1.165, 1.54) is 12.2 Å². The van der Waals surface area contributed by atoms with Crippen LogP contribution in [0.1, 0.15) is 16.8 Å². The van der Waals surface area contributed by atoms with E-state index in [0.717, 1.165) is 10.6 Å². The standard InChI is InChI=1S/C11H14O2S2/c1-14-7-2-8-15-10-5-3-9(4-6-10)11(12)13/h3-6H,2,7-8H2,1H3,(H,12,13). The third kappa shape index (κ3) is 4.62. The quantitative estimate of drug-likeness (QED) is 0.614. The topological polar surface area (TPSA) is 37.3 Å². The monoisotopic (exact) mass is 242 g/mol. The summed E-state index contributed by atoms with van der Waals surface area (Å²) in [5.41, 5.74) is 0.350. The Morgan fingerprint density at radius 3 is 2.47 bits per heavy atom. The molecule has 1 aromatic carbocycles. The van der Waals surface area contributed by atoms with Crippen molar-refractivity contribution in [2.75, 3.05) is 17.8 Å². The van der Waals surface area contributed by atoms with Crippen LogP contribution in [-0.2, 0) is 0 Å². The van der Waals surface area contributed by atoms with Gasteiger partial charge in [0.1, 0.15) is 0 Å². The Balaban J connectivity index is 2.39. The molecule has 0 unspecified atom stereocenters. The van der Waals surface area contributed by atoms with Crippen molar-refractivity contribution in [3.05, 3.63) is 29.8 Å². The van der Waals surface area contributed by atoms with E-state index in [1.54, 1.807) is 23.9 Å². The summed E-state index contributed by atoms with van der Waals surface area (Å²) in [5.74, 6) is 1.40. The van der Waals surface area contributed by atoms with Gasteiger partial charge in [-0.3, -0.25) is 0 Å². The van der Waals surface area contributed by atoms with Gasteiger partial charge in [-0.1, -0.05) is 0 Å². The lowest BCUT2D eigenvalue weighted by molar-refractivity contribution is 0.0697. The van der Waals surface area contributed by atoms with E-state index in [4.69, 9.17) is 5.11 Å². The highest BCUT2D eigenvalue weighted by Crippen LogP contribution is 2.19. The molecule has 0 aliphatic rings. The average Bonchev–Trinajstić information content (AvgIpc) is 2.25. The largest absolute Gasteiger partial charge is 0.478 e. The SMILES string of the molecule is CSCCCSc1ccc(C(=O)O)cc1. The Kier molecular flexibility index (Phi) is 5.65. The van der Waals surface area contributed by atoms with Crippen molar-refractivity contribution < 1.29 is 9.90 Å². The van der Waals surface area contributed by atoms with Crippen molar-refractivity contribution in [2.45, 2.75) is 11.3 Å². The predicted molar refractivity (Wildman–Crippen MR) is 67.1 cm³/mol. The van der Waals surface area contributed by atoms with Gasteiger partial charge in [-0.25, -0.2) is 4.79 Å². The van der Waals surface area contributed by atoms with Gasteiger partial charge in [0.2, 0.25) is 0 Å². The van der Waals surface area contributed by atoms with Crippen LogP contribution in [0.4, 0.5) is 0 Å². The highest BCUT2D eigenvalue weighted by molar-refractivity contribution is 7.99. The van der Waals surface area contributed by atoms with E-state index >= 15 is 0 Å². The number of carboxylic acids is 1. The zero-order valence-corrected chi connectivity index (χ0v) is 10.2. The van der Waals surface area contributed by atoms with E-state index in [1.807, 2.05) is 23.9 Å². The Morgan fingerprint density at radius 2 is 1.93 bits per heavy atom. The molecule has 0 fully saturated rings. The van der Waals surface area contributed by atoms with Gasteiger partial charge in [-0.2, -0.15) is 11.8 Å². The van der Waals surface area contributed by atoms with Gasteiger partial charge in [-0.05, 0) is 48.4 Å². The summed E-state index contributed by atoms with van der Waals surface area (Å²) in [4.78, 5) is 11.7. The van der Waals surface area contributed by atoms with Gasteiger partial charge in [0.05, 0.1) is 5.56 Å². The molecule has 0 heterocycles. The second kappa shape index (κ2) is 6.80. The van der Waals surface area contributed by atoms with Gasteiger partial charge in [0.15, 0.2) is 0 Å². The molecule has 0 saturated carbocycles. The fourth-order valence-electron chi connectivity index (χ4n) is 1.09. The van der Waals surface area contributed by atoms with Crippen LogP contribution in [0.3, 0.4) is 0 Å². The Morgan fingerprint density at radius 1 is 1.27 bits per heavy atom. The molecule has 0 aromatic heterocycles.